The molecular formula is C18H30N2. The van der Waals surface area contributed by atoms with Gasteiger partial charge < -0.3 is 5.73 Å². The first-order chi connectivity index (χ1) is 9.40. The molecule has 2 heteroatoms. The Balaban J connectivity index is 1.97. The molecule has 0 saturated carbocycles. The molecule has 0 aliphatic carbocycles. The largest absolute Gasteiger partial charge is 0.327 e. The average molecular weight is 274 g/mol. The van der Waals surface area contributed by atoms with Crippen LogP contribution in [0.4, 0.5) is 0 Å². The predicted molar refractivity (Wildman–Crippen MR) is 86.8 cm³/mol. The third-order valence-corrected chi connectivity index (χ3v) is 4.63. The lowest BCUT2D eigenvalue weighted by Crippen LogP contribution is -2.46. The van der Waals surface area contributed by atoms with Crippen molar-refractivity contribution in [2.75, 3.05) is 13.1 Å². The molecule has 20 heavy (non-hydrogen) atoms. The molecule has 0 amide bonds. The smallest absolute Gasteiger partial charge is 0.0233 e. The van der Waals surface area contributed by atoms with Crippen LogP contribution in [-0.4, -0.2) is 24.0 Å². The predicted octanol–water partition coefficient (Wildman–Crippen LogP) is 3.54. The van der Waals surface area contributed by atoms with Crippen LogP contribution < -0.4 is 5.73 Å². The van der Waals surface area contributed by atoms with Gasteiger partial charge in [0.25, 0.3) is 0 Å². The minimum absolute atomic E-state index is 0.240. The molecule has 1 saturated heterocycles. The van der Waals surface area contributed by atoms with Crippen molar-refractivity contribution in [1.82, 2.24) is 4.90 Å². The van der Waals surface area contributed by atoms with Gasteiger partial charge in [-0.25, -0.2) is 0 Å². The Morgan fingerprint density at radius 1 is 1.20 bits per heavy atom. The van der Waals surface area contributed by atoms with E-state index in [1.54, 1.807) is 0 Å². The summed E-state index contributed by atoms with van der Waals surface area (Å²) in [5, 5.41) is 0. The highest BCUT2D eigenvalue weighted by Gasteiger charge is 2.25. The fourth-order valence-corrected chi connectivity index (χ4v) is 3.07. The Labute approximate surface area is 124 Å². The van der Waals surface area contributed by atoms with Crippen molar-refractivity contribution in [3.63, 3.8) is 0 Å². The maximum absolute atomic E-state index is 6.19. The molecule has 1 heterocycles. The molecule has 0 bridgehead atoms. The minimum Gasteiger partial charge on any atom is -0.327 e. The van der Waals surface area contributed by atoms with Crippen LogP contribution in [0.3, 0.4) is 0 Å². The monoisotopic (exact) mass is 274 g/mol. The molecular weight excluding hydrogens is 244 g/mol. The lowest BCUT2D eigenvalue weighted by Gasteiger charge is -2.36. The molecule has 1 aromatic rings. The van der Waals surface area contributed by atoms with Gasteiger partial charge in [0.15, 0.2) is 0 Å². The van der Waals surface area contributed by atoms with E-state index in [1.165, 1.54) is 17.5 Å². The van der Waals surface area contributed by atoms with E-state index in [1.807, 2.05) is 0 Å². The molecule has 0 spiro atoms. The van der Waals surface area contributed by atoms with E-state index in [9.17, 15) is 0 Å². The minimum atomic E-state index is 0.240. The number of rotatable bonds is 3. The van der Waals surface area contributed by atoms with E-state index in [4.69, 9.17) is 5.73 Å². The van der Waals surface area contributed by atoms with E-state index in [0.29, 0.717) is 12.0 Å². The van der Waals surface area contributed by atoms with E-state index in [0.717, 1.165) is 26.1 Å². The molecule has 0 unspecified atom stereocenters. The molecule has 112 valence electrons. The van der Waals surface area contributed by atoms with Crippen molar-refractivity contribution in [2.24, 2.45) is 11.7 Å². The van der Waals surface area contributed by atoms with Crippen molar-refractivity contribution in [3.05, 3.63) is 35.4 Å². The Morgan fingerprint density at radius 2 is 1.85 bits per heavy atom. The van der Waals surface area contributed by atoms with Gasteiger partial charge in [0.05, 0.1) is 0 Å². The lowest BCUT2D eigenvalue weighted by atomic mass is 9.86. The Morgan fingerprint density at radius 3 is 2.40 bits per heavy atom. The van der Waals surface area contributed by atoms with Gasteiger partial charge in [-0.3, -0.25) is 4.90 Å². The highest BCUT2D eigenvalue weighted by atomic mass is 15.1. The van der Waals surface area contributed by atoms with Crippen LogP contribution in [0.1, 0.15) is 51.7 Å². The van der Waals surface area contributed by atoms with Crippen LogP contribution in [-0.2, 0) is 12.0 Å². The summed E-state index contributed by atoms with van der Waals surface area (Å²) in [5.41, 5.74) is 9.26. The van der Waals surface area contributed by atoms with Crippen LogP contribution in [0.15, 0.2) is 24.3 Å². The summed E-state index contributed by atoms with van der Waals surface area (Å²) in [6, 6.07) is 9.54. The fourth-order valence-electron chi connectivity index (χ4n) is 3.07. The van der Waals surface area contributed by atoms with Gasteiger partial charge in [-0.1, -0.05) is 58.4 Å². The average Bonchev–Trinajstić information content (AvgIpc) is 2.40. The lowest BCUT2D eigenvalue weighted by molar-refractivity contribution is 0.145. The van der Waals surface area contributed by atoms with Crippen LogP contribution in [0, 0.1) is 5.92 Å². The zero-order valence-electron chi connectivity index (χ0n) is 13.5. The quantitative estimate of drug-likeness (QED) is 0.913. The molecule has 1 aromatic carbocycles. The molecule has 2 N–H and O–H groups in total. The molecule has 2 rings (SSSR count). The topological polar surface area (TPSA) is 29.3 Å². The summed E-state index contributed by atoms with van der Waals surface area (Å²) in [6.45, 7) is 12.4. The van der Waals surface area contributed by atoms with Gasteiger partial charge in [0.1, 0.15) is 0 Å². The van der Waals surface area contributed by atoms with E-state index in [-0.39, 0.29) is 5.41 Å². The number of hydrogen-bond donors (Lipinski definition) is 1. The van der Waals surface area contributed by atoms with Crippen LogP contribution in [0.25, 0.3) is 0 Å². The summed E-state index contributed by atoms with van der Waals surface area (Å²) in [7, 11) is 0. The van der Waals surface area contributed by atoms with Gasteiger partial charge in [-0.15, -0.1) is 0 Å². The van der Waals surface area contributed by atoms with E-state index in [2.05, 4.69) is 56.9 Å². The van der Waals surface area contributed by atoms with Gasteiger partial charge in [-0.2, -0.15) is 0 Å². The number of piperidine rings is 1. The first-order valence-corrected chi connectivity index (χ1v) is 7.97. The van der Waals surface area contributed by atoms with Crippen LogP contribution in [0.5, 0.6) is 0 Å². The zero-order valence-corrected chi connectivity index (χ0v) is 13.5. The summed E-state index contributed by atoms with van der Waals surface area (Å²) >= 11 is 0. The third kappa shape index (κ3) is 3.83. The number of benzene rings is 1. The highest BCUT2D eigenvalue weighted by molar-refractivity contribution is 5.27. The number of likely N-dealkylation sites (tertiary alicyclic amines) is 1. The summed E-state index contributed by atoms with van der Waals surface area (Å²) < 4.78 is 0. The fraction of sp³-hybridized carbons (Fsp3) is 0.667. The second-order valence-corrected chi connectivity index (χ2v) is 7.30. The first-order valence-electron chi connectivity index (χ1n) is 7.97. The van der Waals surface area contributed by atoms with Gasteiger partial charge in [0.2, 0.25) is 0 Å². The number of hydrogen-bond acceptors (Lipinski definition) is 2. The molecule has 1 fully saturated rings. The van der Waals surface area contributed by atoms with Crippen molar-refractivity contribution in [2.45, 2.75) is 58.5 Å². The van der Waals surface area contributed by atoms with Gasteiger partial charge in [0, 0.05) is 19.1 Å². The van der Waals surface area contributed by atoms with Crippen molar-refractivity contribution >= 4 is 0 Å². The standard InChI is InChI=1S/C18H30N2/c1-5-15-13-20(11-10-17(15)19)12-14-6-8-16(9-7-14)18(2,3)4/h6-9,15,17H,5,10-13,19H2,1-4H3/t15-,17+/m0/s1. The first kappa shape index (κ1) is 15.5. The van der Waals surface area contributed by atoms with E-state index < -0.39 is 0 Å². The SMILES string of the molecule is CC[C@H]1CN(Cc2ccc(C(C)(C)C)cc2)CC[C@H]1N. The van der Waals surface area contributed by atoms with Crippen LogP contribution >= 0.6 is 0 Å². The Hall–Kier alpha value is -0.860. The third-order valence-electron chi connectivity index (χ3n) is 4.63. The van der Waals surface area contributed by atoms with Gasteiger partial charge in [-0.05, 0) is 35.4 Å². The molecule has 1 aliphatic rings. The number of nitrogens with zero attached hydrogens (tertiary/aromatic N) is 1. The molecule has 1 aliphatic heterocycles. The zero-order chi connectivity index (χ0) is 14.8. The summed E-state index contributed by atoms with van der Waals surface area (Å²) in [5.74, 6) is 0.664. The van der Waals surface area contributed by atoms with Crippen LogP contribution in [0.2, 0.25) is 0 Å². The van der Waals surface area contributed by atoms with Crippen molar-refractivity contribution < 1.29 is 0 Å². The highest BCUT2D eigenvalue weighted by Crippen LogP contribution is 2.24. The molecule has 0 radical (unpaired) electrons. The Bertz CT molecular complexity index is 416. The van der Waals surface area contributed by atoms with Crippen molar-refractivity contribution in [1.29, 1.82) is 0 Å². The Kier molecular flexibility index (Phi) is 4.87. The van der Waals surface area contributed by atoms with Gasteiger partial charge >= 0.3 is 0 Å². The normalized spacial score (nSPS) is 24.9. The number of nitrogens with two attached hydrogens (primary N) is 1. The summed E-state index contributed by atoms with van der Waals surface area (Å²) in [4.78, 5) is 2.56. The molecule has 0 aromatic heterocycles. The second kappa shape index (κ2) is 6.28. The van der Waals surface area contributed by atoms with E-state index >= 15 is 0 Å². The maximum atomic E-state index is 6.19. The molecule has 2 nitrogen and oxygen atoms in total. The van der Waals surface area contributed by atoms with Crippen molar-refractivity contribution in [3.8, 4) is 0 Å². The summed E-state index contributed by atoms with van der Waals surface area (Å²) in [6.07, 6.45) is 2.33. The molecule has 2 atom stereocenters. The maximum Gasteiger partial charge on any atom is 0.0233 e. The second-order valence-electron chi connectivity index (χ2n) is 7.30.